The molecule has 2 nitrogen and oxygen atoms in total. The predicted molar refractivity (Wildman–Crippen MR) is 108 cm³/mol. The third kappa shape index (κ3) is 22.5. The maximum Gasteiger partial charge on any atom is 1.00 e. The molecule has 0 spiro atoms. The number of unbranched alkanes of at least 4 members (excludes halogenated alkanes) is 17. The van der Waals surface area contributed by atoms with Crippen LogP contribution < -0.4 is 34.7 Å². The van der Waals surface area contributed by atoms with Gasteiger partial charge in [0.05, 0.1) is 0 Å². The van der Waals surface area contributed by atoms with Gasteiger partial charge in [-0.3, -0.25) is 0 Å². The maximum absolute atomic E-state index is 10.6. The first-order valence-corrected chi connectivity index (χ1v) is 11.4. The average molecular weight is 377 g/mol. The van der Waals surface area contributed by atoms with Gasteiger partial charge in [-0.25, -0.2) is 0 Å². The Morgan fingerprint density at radius 1 is 0.615 bits per heavy atom. The minimum Gasteiger partial charge on any atom is -0.550 e. The van der Waals surface area contributed by atoms with E-state index < -0.39 is 5.97 Å². The normalized spacial score (nSPS) is 11.9. The molecule has 0 fully saturated rings. The van der Waals surface area contributed by atoms with Gasteiger partial charge in [0, 0.05) is 5.97 Å². The van der Waals surface area contributed by atoms with Crippen LogP contribution >= 0.6 is 0 Å². The molecule has 26 heavy (non-hydrogen) atoms. The molecule has 0 radical (unpaired) electrons. The maximum atomic E-state index is 10.6. The smallest absolute Gasteiger partial charge is 0.550 e. The van der Waals surface area contributed by atoms with Crippen LogP contribution in [-0.2, 0) is 4.79 Å². The quantitative estimate of drug-likeness (QED) is 0.239. The van der Waals surface area contributed by atoms with Gasteiger partial charge in [0.2, 0.25) is 0 Å². The zero-order valence-corrected chi connectivity index (χ0v) is 20.3. The van der Waals surface area contributed by atoms with Gasteiger partial charge >= 0.3 is 29.6 Å². The third-order valence-corrected chi connectivity index (χ3v) is 5.39. The molecule has 3 heteroatoms. The van der Waals surface area contributed by atoms with E-state index in [0.717, 1.165) is 12.8 Å². The molecule has 150 valence electrons. The SMILES string of the molecule is CCCCCCCCCCCCCCCCCCCCC(C)C(=O)[O-].[Na+]. The van der Waals surface area contributed by atoms with Crippen molar-refractivity contribution < 1.29 is 39.5 Å². The summed E-state index contributed by atoms with van der Waals surface area (Å²) in [5.74, 6) is -1.17. The molecule has 0 aromatic carbocycles. The molecule has 0 rings (SSSR count). The van der Waals surface area contributed by atoms with E-state index in [9.17, 15) is 9.90 Å². The summed E-state index contributed by atoms with van der Waals surface area (Å²) in [5.41, 5.74) is 0. The van der Waals surface area contributed by atoms with Gasteiger partial charge in [0.25, 0.3) is 0 Å². The second kappa shape index (κ2) is 23.5. The van der Waals surface area contributed by atoms with Crippen LogP contribution in [0.4, 0.5) is 0 Å². The van der Waals surface area contributed by atoms with Crippen LogP contribution in [0.3, 0.4) is 0 Å². The molecule has 0 heterocycles. The molecular weight excluding hydrogens is 331 g/mol. The fraction of sp³-hybridized carbons (Fsp3) is 0.957. The van der Waals surface area contributed by atoms with Crippen molar-refractivity contribution in [3.63, 3.8) is 0 Å². The van der Waals surface area contributed by atoms with Crippen LogP contribution in [0.25, 0.3) is 0 Å². The van der Waals surface area contributed by atoms with Gasteiger partial charge in [-0.15, -0.1) is 0 Å². The van der Waals surface area contributed by atoms with Crippen LogP contribution in [0.2, 0.25) is 0 Å². The van der Waals surface area contributed by atoms with Crippen molar-refractivity contribution in [1.29, 1.82) is 0 Å². The second-order valence-corrected chi connectivity index (χ2v) is 8.02. The molecular formula is C23H45NaO2. The number of hydrogen-bond acceptors (Lipinski definition) is 2. The first-order valence-electron chi connectivity index (χ1n) is 11.4. The Labute approximate surface area is 186 Å². The van der Waals surface area contributed by atoms with E-state index in [1.54, 1.807) is 6.92 Å². The van der Waals surface area contributed by atoms with Crippen molar-refractivity contribution in [2.45, 2.75) is 136 Å². The van der Waals surface area contributed by atoms with Crippen LogP contribution in [0, 0.1) is 5.92 Å². The molecule has 0 aromatic rings. The molecule has 1 unspecified atom stereocenters. The van der Waals surface area contributed by atoms with E-state index in [2.05, 4.69) is 6.92 Å². The summed E-state index contributed by atoms with van der Waals surface area (Å²) in [6.45, 7) is 4.03. The standard InChI is InChI=1S/C23H46O2.Na/c1-3-4-5-6-7-8-9-10-11-12-13-14-15-16-17-18-19-20-21-22(2)23(24)25;/h22H,3-21H2,1-2H3,(H,24,25);/q;+1/p-1. The van der Waals surface area contributed by atoms with Crippen LogP contribution in [0.1, 0.15) is 136 Å². The van der Waals surface area contributed by atoms with Gasteiger partial charge in [0.1, 0.15) is 0 Å². The van der Waals surface area contributed by atoms with Crippen LogP contribution in [0.5, 0.6) is 0 Å². The number of carbonyl (C=O) groups is 1. The molecule has 0 aliphatic carbocycles. The van der Waals surface area contributed by atoms with E-state index in [4.69, 9.17) is 0 Å². The van der Waals surface area contributed by atoms with Gasteiger partial charge in [-0.2, -0.15) is 0 Å². The monoisotopic (exact) mass is 376 g/mol. The molecule has 1 atom stereocenters. The van der Waals surface area contributed by atoms with E-state index in [-0.39, 0.29) is 35.5 Å². The summed E-state index contributed by atoms with van der Waals surface area (Å²) in [7, 11) is 0. The van der Waals surface area contributed by atoms with E-state index in [0.29, 0.717) is 0 Å². The van der Waals surface area contributed by atoms with Crippen molar-refractivity contribution >= 4 is 5.97 Å². The predicted octanol–water partition coefficient (Wildman–Crippen LogP) is 3.81. The van der Waals surface area contributed by atoms with Crippen molar-refractivity contribution in [1.82, 2.24) is 0 Å². The molecule has 0 aliphatic rings. The van der Waals surface area contributed by atoms with E-state index in [1.165, 1.54) is 109 Å². The van der Waals surface area contributed by atoms with Crippen molar-refractivity contribution in [3.05, 3.63) is 0 Å². The topological polar surface area (TPSA) is 40.1 Å². The number of hydrogen-bond donors (Lipinski definition) is 0. The zero-order chi connectivity index (χ0) is 18.6. The average Bonchev–Trinajstić information content (AvgIpc) is 2.60. The molecule has 0 saturated carbocycles. The van der Waals surface area contributed by atoms with Crippen LogP contribution in [-0.4, -0.2) is 5.97 Å². The Hall–Kier alpha value is 0.470. The van der Waals surface area contributed by atoms with E-state index in [1.807, 2.05) is 0 Å². The van der Waals surface area contributed by atoms with Crippen molar-refractivity contribution in [2.75, 3.05) is 0 Å². The minimum atomic E-state index is -0.896. The molecule has 0 N–H and O–H groups in total. The Kier molecular flexibility index (Phi) is 25.9. The molecule has 0 aliphatic heterocycles. The second-order valence-electron chi connectivity index (χ2n) is 8.02. The summed E-state index contributed by atoms with van der Waals surface area (Å²) in [4.78, 5) is 10.6. The van der Waals surface area contributed by atoms with Gasteiger partial charge < -0.3 is 9.90 Å². The van der Waals surface area contributed by atoms with Gasteiger partial charge in [-0.05, 0) is 12.3 Å². The van der Waals surface area contributed by atoms with Gasteiger partial charge in [-0.1, -0.05) is 129 Å². The fourth-order valence-corrected chi connectivity index (χ4v) is 3.47. The number of carboxylic acids is 1. The van der Waals surface area contributed by atoms with Gasteiger partial charge in [0.15, 0.2) is 0 Å². The molecule has 0 aromatic heterocycles. The Bertz CT molecular complexity index is 281. The summed E-state index contributed by atoms with van der Waals surface area (Å²) in [5, 5.41) is 10.6. The summed E-state index contributed by atoms with van der Waals surface area (Å²) < 4.78 is 0. The summed E-state index contributed by atoms with van der Waals surface area (Å²) in [6.07, 6.45) is 25.4. The van der Waals surface area contributed by atoms with Crippen molar-refractivity contribution in [3.8, 4) is 0 Å². The first kappa shape index (κ1) is 28.7. The van der Waals surface area contributed by atoms with E-state index >= 15 is 0 Å². The molecule has 0 bridgehead atoms. The first-order chi connectivity index (χ1) is 12.2. The molecule has 0 saturated heterocycles. The van der Waals surface area contributed by atoms with Crippen molar-refractivity contribution in [2.24, 2.45) is 5.92 Å². The summed E-state index contributed by atoms with van der Waals surface area (Å²) in [6, 6.07) is 0. The largest absolute Gasteiger partial charge is 1.00 e. The Balaban J connectivity index is 0. The zero-order valence-electron chi connectivity index (χ0n) is 18.3. The summed E-state index contributed by atoms with van der Waals surface area (Å²) >= 11 is 0. The third-order valence-electron chi connectivity index (χ3n) is 5.39. The van der Waals surface area contributed by atoms with Crippen LogP contribution in [0.15, 0.2) is 0 Å². The number of carboxylic acid groups (broad SMARTS) is 1. The Morgan fingerprint density at radius 2 is 0.885 bits per heavy atom. The Morgan fingerprint density at radius 3 is 1.15 bits per heavy atom. The number of carbonyl (C=O) groups excluding carboxylic acids is 1. The minimum absolute atomic E-state index is 0. The molecule has 0 amide bonds. The number of aliphatic carboxylic acids is 1. The number of rotatable bonds is 20. The fourth-order valence-electron chi connectivity index (χ4n) is 3.47.